The summed E-state index contributed by atoms with van der Waals surface area (Å²) < 4.78 is 68.2. The Morgan fingerprint density at radius 3 is 2.47 bits per heavy atom. The van der Waals surface area contributed by atoms with E-state index in [2.05, 4.69) is 5.32 Å². The van der Waals surface area contributed by atoms with Crippen molar-refractivity contribution in [2.45, 2.75) is 24.6 Å². The lowest BCUT2D eigenvalue weighted by Crippen LogP contribution is -2.44. The molecule has 0 aromatic heterocycles. The van der Waals surface area contributed by atoms with Gasteiger partial charge in [-0.1, -0.05) is 30.3 Å². The zero-order valence-corrected chi connectivity index (χ0v) is 16.6. The number of nitrogens with zero attached hydrogens (tertiary/aromatic N) is 1. The van der Waals surface area contributed by atoms with Crippen LogP contribution in [0, 0.1) is 5.92 Å². The van der Waals surface area contributed by atoms with Crippen molar-refractivity contribution >= 4 is 11.8 Å². The maximum Gasteiger partial charge on any atom is 0.393 e. The van der Waals surface area contributed by atoms with Crippen molar-refractivity contribution in [1.82, 2.24) is 10.2 Å². The van der Waals surface area contributed by atoms with Gasteiger partial charge in [0.2, 0.25) is 5.91 Å². The molecule has 10 heteroatoms. The first-order chi connectivity index (χ1) is 15.0. The maximum absolute atomic E-state index is 14.6. The summed E-state index contributed by atoms with van der Waals surface area (Å²) in [6.07, 6.45) is -4.90. The molecule has 0 spiro atoms. The van der Waals surface area contributed by atoms with Gasteiger partial charge in [0.15, 0.2) is 0 Å². The highest BCUT2D eigenvalue weighted by Crippen LogP contribution is 2.50. The van der Waals surface area contributed by atoms with Crippen LogP contribution in [-0.4, -0.2) is 53.7 Å². The fourth-order valence-corrected chi connectivity index (χ4v) is 4.31. The molecule has 2 N–H and O–H groups in total. The molecule has 2 aromatic carbocycles. The molecule has 0 saturated carbocycles. The molecule has 2 atom stereocenters. The number of hydrogen-bond acceptors (Lipinski definition) is 3. The molecule has 2 amide bonds. The predicted molar refractivity (Wildman–Crippen MR) is 104 cm³/mol. The van der Waals surface area contributed by atoms with Gasteiger partial charge in [0.05, 0.1) is 25.1 Å². The number of amides is 2. The van der Waals surface area contributed by atoms with Crippen LogP contribution < -0.4 is 5.32 Å². The van der Waals surface area contributed by atoms with E-state index in [0.717, 1.165) is 11.0 Å². The van der Waals surface area contributed by atoms with E-state index in [-0.39, 0.29) is 22.3 Å². The van der Waals surface area contributed by atoms with E-state index in [4.69, 9.17) is 0 Å². The van der Waals surface area contributed by atoms with E-state index in [1.807, 2.05) is 0 Å². The molecule has 32 heavy (non-hydrogen) atoms. The van der Waals surface area contributed by atoms with Crippen molar-refractivity contribution in [3.8, 4) is 11.1 Å². The minimum atomic E-state index is -4.49. The Balaban J connectivity index is 1.47. The first-order valence-electron chi connectivity index (χ1n) is 9.91. The van der Waals surface area contributed by atoms with E-state index >= 15 is 0 Å². The predicted octanol–water partition coefficient (Wildman–Crippen LogP) is 3.31. The van der Waals surface area contributed by atoms with Gasteiger partial charge in [-0.3, -0.25) is 9.59 Å². The number of carbonyl (C=O) groups is 2. The second kappa shape index (κ2) is 7.84. The number of carbonyl (C=O) groups excluding carboxylic acids is 2. The van der Waals surface area contributed by atoms with Crippen LogP contribution in [0.25, 0.3) is 11.1 Å². The maximum atomic E-state index is 14.6. The summed E-state index contributed by atoms with van der Waals surface area (Å²) in [7, 11) is 0. The number of halogens is 5. The van der Waals surface area contributed by atoms with Crippen molar-refractivity contribution in [3.05, 3.63) is 59.2 Å². The fraction of sp³-hybridized carbons (Fsp3) is 0.364. The van der Waals surface area contributed by atoms with E-state index in [9.17, 15) is 36.6 Å². The van der Waals surface area contributed by atoms with Gasteiger partial charge >= 0.3 is 6.18 Å². The minimum Gasteiger partial charge on any atom is -0.394 e. The van der Waals surface area contributed by atoms with Crippen LogP contribution in [0.1, 0.15) is 27.9 Å². The van der Waals surface area contributed by atoms with Gasteiger partial charge in [-0.2, -0.15) is 22.0 Å². The first kappa shape index (κ1) is 22.2. The first-order valence-corrected chi connectivity index (χ1v) is 9.91. The minimum absolute atomic E-state index is 0.0392. The number of benzene rings is 2. The third-order valence-corrected chi connectivity index (χ3v) is 5.98. The topological polar surface area (TPSA) is 69.6 Å². The Kier molecular flexibility index (Phi) is 5.44. The molecule has 1 fully saturated rings. The van der Waals surface area contributed by atoms with E-state index in [1.165, 1.54) is 30.3 Å². The van der Waals surface area contributed by atoms with Crippen LogP contribution in [0.3, 0.4) is 0 Å². The molecule has 1 aliphatic carbocycles. The molecule has 5 nitrogen and oxygen atoms in total. The van der Waals surface area contributed by atoms with Gasteiger partial charge in [-0.15, -0.1) is 0 Å². The van der Waals surface area contributed by atoms with Crippen molar-refractivity contribution < 1.29 is 36.6 Å². The fourth-order valence-electron chi connectivity index (χ4n) is 4.31. The van der Waals surface area contributed by atoms with Crippen LogP contribution in [0.15, 0.2) is 42.5 Å². The van der Waals surface area contributed by atoms with Gasteiger partial charge in [-0.25, -0.2) is 0 Å². The van der Waals surface area contributed by atoms with Crippen LogP contribution in [0.4, 0.5) is 22.0 Å². The molecule has 1 aliphatic heterocycles. The lowest BCUT2D eigenvalue weighted by Gasteiger charge is -2.23. The molecule has 1 saturated heterocycles. The average Bonchev–Trinajstić information content (AvgIpc) is 3.30. The van der Waals surface area contributed by atoms with Crippen LogP contribution in [0.5, 0.6) is 0 Å². The Bertz CT molecular complexity index is 1070. The van der Waals surface area contributed by atoms with Crippen LogP contribution >= 0.6 is 0 Å². The highest BCUT2D eigenvalue weighted by Gasteiger charge is 2.48. The standard InChI is InChI=1S/C22H19F5N2O3/c23-21(24)17-4-2-1-3-15(17)16-7-12(5-6-18(16)21)20(32)28-9-19(31)29-10-13(22(25,26)27)8-14(29)11-30/h1-7,13-14,30H,8-11H2,(H,28,32)/t13-,14+/m1/s1. The van der Waals surface area contributed by atoms with E-state index in [0.29, 0.717) is 5.56 Å². The quantitative estimate of drug-likeness (QED) is 0.697. The lowest BCUT2D eigenvalue weighted by atomic mass is 10.0. The summed E-state index contributed by atoms with van der Waals surface area (Å²) in [4.78, 5) is 25.8. The summed E-state index contributed by atoms with van der Waals surface area (Å²) in [5, 5.41) is 11.7. The molecule has 0 bridgehead atoms. The van der Waals surface area contributed by atoms with Crippen LogP contribution in [-0.2, 0) is 10.7 Å². The molecule has 0 unspecified atom stereocenters. The van der Waals surface area contributed by atoms with Gasteiger partial charge in [0.1, 0.15) is 0 Å². The van der Waals surface area contributed by atoms with Crippen molar-refractivity contribution in [1.29, 1.82) is 0 Å². The number of nitrogens with one attached hydrogen (secondary N) is 1. The Morgan fingerprint density at radius 2 is 1.78 bits per heavy atom. The average molecular weight is 454 g/mol. The largest absolute Gasteiger partial charge is 0.394 e. The summed E-state index contributed by atoms with van der Waals surface area (Å²) in [6, 6.07) is 8.64. The van der Waals surface area contributed by atoms with Crippen LogP contribution in [0.2, 0.25) is 0 Å². The summed E-state index contributed by atoms with van der Waals surface area (Å²) in [6.45, 7) is -1.79. The zero-order chi connectivity index (χ0) is 23.3. The number of likely N-dealkylation sites (tertiary alicyclic amines) is 1. The second-order valence-corrected chi connectivity index (χ2v) is 7.92. The lowest BCUT2D eigenvalue weighted by molar-refractivity contribution is -0.171. The number of alkyl halides is 5. The number of fused-ring (bicyclic) bond motifs is 3. The van der Waals surface area contributed by atoms with Gasteiger partial charge in [0, 0.05) is 23.2 Å². The van der Waals surface area contributed by atoms with Crippen molar-refractivity contribution in [2.75, 3.05) is 19.7 Å². The molecule has 170 valence electrons. The van der Waals surface area contributed by atoms with Crippen molar-refractivity contribution in [3.63, 3.8) is 0 Å². The highest BCUT2D eigenvalue weighted by atomic mass is 19.4. The van der Waals surface area contributed by atoms with Gasteiger partial charge in [-0.05, 0) is 29.7 Å². The Morgan fingerprint density at radius 1 is 1.09 bits per heavy atom. The zero-order valence-electron chi connectivity index (χ0n) is 16.6. The third kappa shape index (κ3) is 3.72. The van der Waals surface area contributed by atoms with E-state index < -0.39 is 62.0 Å². The molecular formula is C22H19F5N2O3. The summed E-state index contributed by atoms with van der Waals surface area (Å²) >= 11 is 0. The number of hydrogen-bond donors (Lipinski definition) is 2. The Hall–Kier alpha value is -3.01. The second-order valence-electron chi connectivity index (χ2n) is 7.92. The molecule has 2 aliphatic rings. The number of aliphatic hydroxyl groups is 1. The monoisotopic (exact) mass is 454 g/mol. The molecule has 2 aromatic rings. The molecule has 1 heterocycles. The SMILES string of the molecule is O=C(NCC(=O)N1C[C@H](C(F)(F)F)C[C@H]1CO)c1ccc2c(c1)-c1ccccc1C2(F)F. The molecule has 4 rings (SSSR count). The highest BCUT2D eigenvalue weighted by molar-refractivity contribution is 5.98. The number of rotatable bonds is 4. The summed E-state index contributed by atoms with van der Waals surface area (Å²) in [5.74, 6) is -6.41. The number of aliphatic hydroxyl groups excluding tert-OH is 1. The van der Waals surface area contributed by atoms with Gasteiger partial charge in [0.25, 0.3) is 11.8 Å². The van der Waals surface area contributed by atoms with Crippen molar-refractivity contribution in [2.24, 2.45) is 5.92 Å². The Labute approximate surface area is 179 Å². The normalized spacial score (nSPS) is 21.2. The third-order valence-electron chi connectivity index (χ3n) is 5.98. The summed E-state index contributed by atoms with van der Waals surface area (Å²) in [5.41, 5.74) is 0.160. The smallest absolute Gasteiger partial charge is 0.393 e. The van der Waals surface area contributed by atoms with E-state index in [1.54, 1.807) is 6.07 Å². The molecule has 0 radical (unpaired) electrons. The van der Waals surface area contributed by atoms with Gasteiger partial charge < -0.3 is 15.3 Å². The molecular weight excluding hydrogens is 435 g/mol.